The first-order valence-corrected chi connectivity index (χ1v) is 18.9. The molecule has 8 atom stereocenters. The Morgan fingerprint density at radius 1 is 0.476 bits per heavy atom. The van der Waals surface area contributed by atoms with Crippen LogP contribution in [0.25, 0.3) is 0 Å². The second-order valence-electron chi connectivity index (χ2n) is 15.5. The zero-order chi connectivity index (χ0) is 31.8. The van der Waals surface area contributed by atoms with Crippen molar-refractivity contribution in [3.8, 4) is 0 Å². The highest BCUT2D eigenvalue weighted by Crippen LogP contribution is 2.30. The molecule has 0 aromatic carbocycles. The van der Waals surface area contributed by atoms with Crippen molar-refractivity contribution in [3.05, 3.63) is 0 Å². The van der Waals surface area contributed by atoms with E-state index in [0.29, 0.717) is 35.5 Å². The Labute approximate surface area is 264 Å². The molecule has 0 spiro atoms. The molecule has 1 unspecified atom stereocenters. The van der Waals surface area contributed by atoms with Gasteiger partial charge in [-0.2, -0.15) is 0 Å². The Morgan fingerprint density at radius 3 is 1.14 bits per heavy atom. The van der Waals surface area contributed by atoms with E-state index in [1.165, 1.54) is 116 Å². The van der Waals surface area contributed by atoms with E-state index in [9.17, 15) is 15.0 Å². The molecule has 0 saturated carbocycles. The maximum Gasteiger partial charge on any atom is 0.306 e. The van der Waals surface area contributed by atoms with Crippen LogP contribution < -0.4 is 0 Å². The van der Waals surface area contributed by atoms with E-state index in [-0.39, 0.29) is 12.0 Å². The molecular weight excluding hydrogens is 516 g/mol. The highest BCUT2D eigenvalue weighted by Gasteiger charge is 2.21. The summed E-state index contributed by atoms with van der Waals surface area (Å²) in [6, 6.07) is 0. The molecule has 0 radical (unpaired) electrons. The van der Waals surface area contributed by atoms with E-state index in [1.54, 1.807) is 0 Å². The molecule has 0 amide bonds. The summed E-state index contributed by atoms with van der Waals surface area (Å²) >= 11 is 0. The predicted molar refractivity (Wildman–Crippen MR) is 185 cm³/mol. The van der Waals surface area contributed by atoms with Gasteiger partial charge < -0.3 is 10.2 Å². The first kappa shape index (κ1) is 41.4. The summed E-state index contributed by atoms with van der Waals surface area (Å²) in [5, 5.41) is 19.9. The molecule has 0 aliphatic heterocycles. The summed E-state index contributed by atoms with van der Waals surface area (Å²) in [6.45, 7) is 18.1. The second-order valence-corrected chi connectivity index (χ2v) is 15.5. The minimum absolute atomic E-state index is 0.143. The maximum absolute atomic E-state index is 11.1. The van der Waals surface area contributed by atoms with Crippen LogP contribution in [-0.4, -0.2) is 22.3 Å². The van der Waals surface area contributed by atoms with Gasteiger partial charge in [0.25, 0.3) is 0 Å². The lowest BCUT2D eigenvalue weighted by Gasteiger charge is -2.26. The van der Waals surface area contributed by atoms with Crippen molar-refractivity contribution in [2.75, 3.05) is 0 Å². The number of aliphatic hydroxyl groups excluding tert-OH is 1. The van der Waals surface area contributed by atoms with Crippen LogP contribution in [0, 0.1) is 41.4 Å². The van der Waals surface area contributed by atoms with Gasteiger partial charge in [0.15, 0.2) is 0 Å². The molecule has 0 aromatic heterocycles. The Morgan fingerprint density at radius 2 is 0.786 bits per heavy atom. The smallest absolute Gasteiger partial charge is 0.306 e. The minimum Gasteiger partial charge on any atom is -0.481 e. The molecule has 0 fully saturated rings. The molecule has 0 aliphatic rings. The van der Waals surface area contributed by atoms with Crippen molar-refractivity contribution >= 4 is 5.97 Å². The number of rotatable bonds is 30. The van der Waals surface area contributed by atoms with Gasteiger partial charge in [-0.25, -0.2) is 0 Å². The fourth-order valence-corrected chi connectivity index (χ4v) is 7.73. The van der Waals surface area contributed by atoms with Crippen LogP contribution in [-0.2, 0) is 4.79 Å². The van der Waals surface area contributed by atoms with Crippen molar-refractivity contribution in [1.82, 2.24) is 0 Å². The van der Waals surface area contributed by atoms with Crippen LogP contribution in [0.3, 0.4) is 0 Å². The van der Waals surface area contributed by atoms with Gasteiger partial charge in [0.2, 0.25) is 0 Å². The summed E-state index contributed by atoms with van der Waals surface area (Å²) in [5.74, 6) is 2.69. The number of carboxylic acid groups (broad SMARTS) is 1. The fraction of sp³-hybridized carbons (Fsp3) is 0.974. The van der Waals surface area contributed by atoms with E-state index >= 15 is 0 Å². The van der Waals surface area contributed by atoms with Crippen molar-refractivity contribution in [2.45, 2.75) is 203 Å². The number of carbonyl (C=O) groups is 1. The maximum atomic E-state index is 11.1. The third-order valence-corrected chi connectivity index (χ3v) is 9.93. The SMILES string of the molecule is CCCCCCCCCCCCCCCCCC(O)[C@H](C)C[C@H](C)C[C@H](C)C[C@H](C)C[C@H](C)C[C@H](C)C[C@H](C)C(=O)O. The molecule has 252 valence electrons. The largest absolute Gasteiger partial charge is 0.481 e. The Balaban J connectivity index is 3.86. The third-order valence-electron chi connectivity index (χ3n) is 9.93. The van der Waals surface area contributed by atoms with Gasteiger partial charge in [-0.3, -0.25) is 4.79 Å². The van der Waals surface area contributed by atoms with Crippen LogP contribution in [0.1, 0.15) is 197 Å². The third kappa shape index (κ3) is 24.8. The molecule has 42 heavy (non-hydrogen) atoms. The number of hydrogen-bond acceptors (Lipinski definition) is 2. The molecule has 3 nitrogen and oxygen atoms in total. The number of unbranched alkanes of at least 4 members (excludes halogenated alkanes) is 14. The Hall–Kier alpha value is -0.570. The second kappa shape index (κ2) is 26.8. The number of hydrogen-bond donors (Lipinski definition) is 2. The van der Waals surface area contributed by atoms with E-state index < -0.39 is 5.97 Å². The monoisotopic (exact) mass is 595 g/mol. The van der Waals surface area contributed by atoms with Gasteiger partial charge in [-0.1, -0.05) is 152 Å². The highest BCUT2D eigenvalue weighted by molar-refractivity contribution is 5.69. The van der Waals surface area contributed by atoms with Crippen molar-refractivity contribution in [3.63, 3.8) is 0 Å². The predicted octanol–water partition coefficient (Wildman–Crippen LogP) is 12.5. The minimum atomic E-state index is -0.669. The van der Waals surface area contributed by atoms with Crippen LogP contribution in [0.2, 0.25) is 0 Å². The standard InChI is InChI=1S/C39H78O3/c1-9-10-11-12-13-14-15-16-17-18-19-20-21-22-23-24-38(40)36(7)29-34(5)27-32(3)25-31(2)26-33(4)28-35(6)30-37(8)39(41)42/h31-38,40H,9-30H2,1-8H3,(H,41,42)/t31-,32+,33-,34+,35-,36+,37-,38?/m0/s1. The lowest BCUT2D eigenvalue weighted by atomic mass is 9.80. The molecule has 0 bridgehead atoms. The van der Waals surface area contributed by atoms with E-state index in [4.69, 9.17) is 0 Å². The van der Waals surface area contributed by atoms with E-state index in [1.807, 2.05) is 6.92 Å². The van der Waals surface area contributed by atoms with Crippen molar-refractivity contribution < 1.29 is 15.0 Å². The molecule has 0 heterocycles. The van der Waals surface area contributed by atoms with Crippen LogP contribution in [0.4, 0.5) is 0 Å². The van der Waals surface area contributed by atoms with Crippen LogP contribution >= 0.6 is 0 Å². The normalized spacial score (nSPS) is 17.7. The summed E-state index contributed by atoms with van der Waals surface area (Å²) < 4.78 is 0. The van der Waals surface area contributed by atoms with Crippen molar-refractivity contribution in [1.29, 1.82) is 0 Å². The van der Waals surface area contributed by atoms with Gasteiger partial charge >= 0.3 is 5.97 Å². The zero-order valence-corrected chi connectivity index (χ0v) is 30.0. The lowest BCUT2D eigenvalue weighted by Crippen LogP contribution is -2.21. The van der Waals surface area contributed by atoms with Gasteiger partial charge in [0, 0.05) is 0 Å². The average Bonchev–Trinajstić information content (AvgIpc) is 2.89. The molecule has 3 heteroatoms. The molecule has 2 N–H and O–H groups in total. The van der Waals surface area contributed by atoms with Gasteiger partial charge in [0.05, 0.1) is 12.0 Å². The average molecular weight is 595 g/mol. The highest BCUT2D eigenvalue weighted by atomic mass is 16.4. The molecule has 0 saturated heterocycles. The Bertz CT molecular complexity index is 604. The lowest BCUT2D eigenvalue weighted by molar-refractivity contribution is -0.141. The van der Waals surface area contributed by atoms with E-state index in [0.717, 1.165) is 25.7 Å². The summed E-state index contributed by atoms with van der Waals surface area (Å²) in [6.07, 6.45) is 28.4. The van der Waals surface area contributed by atoms with Crippen LogP contribution in [0.5, 0.6) is 0 Å². The fourth-order valence-electron chi connectivity index (χ4n) is 7.73. The van der Waals surface area contributed by atoms with Gasteiger partial charge in [-0.05, 0) is 80.5 Å². The Kier molecular flexibility index (Phi) is 26.4. The van der Waals surface area contributed by atoms with Crippen molar-refractivity contribution in [2.24, 2.45) is 41.4 Å². The van der Waals surface area contributed by atoms with Gasteiger partial charge in [-0.15, -0.1) is 0 Å². The van der Waals surface area contributed by atoms with E-state index in [2.05, 4.69) is 48.5 Å². The number of aliphatic hydroxyl groups is 1. The first-order chi connectivity index (χ1) is 20.0. The summed E-state index contributed by atoms with van der Waals surface area (Å²) in [7, 11) is 0. The topological polar surface area (TPSA) is 57.5 Å². The molecule has 0 aliphatic carbocycles. The zero-order valence-electron chi connectivity index (χ0n) is 30.0. The molecule has 0 aromatic rings. The van der Waals surface area contributed by atoms with Gasteiger partial charge in [0.1, 0.15) is 0 Å². The first-order valence-electron chi connectivity index (χ1n) is 18.9. The van der Waals surface area contributed by atoms with Crippen LogP contribution in [0.15, 0.2) is 0 Å². The quantitative estimate of drug-likeness (QED) is 0.0813. The molecule has 0 rings (SSSR count). The summed E-state index contributed by atoms with van der Waals surface area (Å²) in [5.41, 5.74) is 0. The molecular formula is C39H78O3. The number of carboxylic acids is 1. The number of aliphatic carboxylic acids is 1. The summed E-state index contributed by atoms with van der Waals surface area (Å²) in [4.78, 5) is 11.1.